The van der Waals surface area contributed by atoms with E-state index in [0.717, 1.165) is 36.2 Å². The van der Waals surface area contributed by atoms with Crippen LogP contribution in [0.4, 0.5) is 0 Å². The topological polar surface area (TPSA) is 44.1 Å². The van der Waals surface area contributed by atoms with Gasteiger partial charge in [-0.1, -0.05) is 13.3 Å². The molecule has 23 heavy (non-hydrogen) atoms. The van der Waals surface area contributed by atoms with Gasteiger partial charge in [0.25, 0.3) is 0 Å². The number of nitrogens with zero attached hydrogens (tertiary/aromatic N) is 2. The third-order valence-electron chi connectivity index (χ3n) is 4.77. The van der Waals surface area contributed by atoms with Gasteiger partial charge in [0, 0.05) is 23.5 Å². The highest BCUT2D eigenvalue weighted by Gasteiger charge is 2.28. The first-order valence-electron chi connectivity index (χ1n) is 8.36. The summed E-state index contributed by atoms with van der Waals surface area (Å²) in [6.07, 6.45) is 2.05. The van der Waals surface area contributed by atoms with Crippen LogP contribution in [0.3, 0.4) is 0 Å². The number of allylic oxidation sites excluding steroid dienone is 2. The maximum Gasteiger partial charge on any atom is 0.357 e. The van der Waals surface area contributed by atoms with E-state index in [1.54, 1.807) is 0 Å². The number of carbonyl (C=O) groups is 1. The van der Waals surface area contributed by atoms with Gasteiger partial charge in [-0.05, 0) is 56.9 Å². The molecule has 3 aliphatic heterocycles. The Balaban J connectivity index is 2.26. The SMILES string of the molecule is CCCc1c2c(C)c(C(=O)OCC)nc-2cc2n1CC(C)=C2C. The number of hydrogen-bond donors (Lipinski definition) is 0. The van der Waals surface area contributed by atoms with Crippen LogP contribution >= 0.6 is 0 Å². The third-order valence-corrected chi connectivity index (χ3v) is 4.77. The summed E-state index contributed by atoms with van der Waals surface area (Å²) in [5.41, 5.74) is 8.68. The molecular formula is C19H24N2O2. The predicted molar refractivity (Wildman–Crippen MR) is 91.8 cm³/mol. The van der Waals surface area contributed by atoms with E-state index in [9.17, 15) is 4.79 Å². The average Bonchev–Trinajstić information content (AvgIpc) is 2.99. The zero-order valence-electron chi connectivity index (χ0n) is 14.6. The largest absolute Gasteiger partial charge is 0.461 e. The van der Waals surface area contributed by atoms with Gasteiger partial charge in [-0.15, -0.1) is 0 Å². The molecule has 0 fully saturated rings. The smallest absolute Gasteiger partial charge is 0.357 e. The Bertz CT molecular complexity index is 783. The van der Waals surface area contributed by atoms with Crippen molar-refractivity contribution in [2.24, 2.45) is 0 Å². The van der Waals surface area contributed by atoms with Gasteiger partial charge in [0.15, 0.2) is 5.69 Å². The molecule has 0 atom stereocenters. The van der Waals surface area contributed by atoms with E-state index in [1.807, 2.05) is 13.8 Å². The number of esters is 1. The van der Waals surface area contributed by atoms with Crippen LogP contribution in [0, 0.1) is 6.92 Å². The summed E-state index contributed by atoms with van der Waals surface area (Å²) in [6, 6.07) is 2.12. The minimum Gasteiger partial charge on any atom is -0.461 e. The fraction of sp³-hybridized carbons (Fsp3) is 0.474. The summed E-state index contributed by atoms with van der Waals surface area (Å²) >= 11 is 0. The summed E-state index contributed by atoms with van der Waals surface area (Å²) in [7, 11) is 0. The zero-order chi connectivity index (χ0) is 16.7. The maximum absolute atomic E-state index is 12.2. The normalized spacial score (nSPS) is 13.8. The average molecular weight is 312 g/mol. The molecule has 0 aromatic heterocycles. The number of carbonyl (C=O) groups excluding carboxylic acids is 1. The lowest BCUT2D eigenvalue weighted by atomic mass is 10.00. The number of pyridine rings is 1. The Labute approximate surface area is 137 Å². The molecule has 0 saturated heterocycles. The quantitative estimate of drug-likeness (QED) is 0.793. The third kappa shape index (κ3) is 2.37. The molecule has 4 heteroatoms. The van der Waals surface area contributed by atoms with E-state index in [4.69, 9.17) is 4.74 Å². The lowest BCUT2D eigenvalue weighted by Crippen LogP contribution is -2.10. The molecule has 4 nitrogen and oxygen atoms in total. The van der Waals surface area contributed by atoms with Gasteiger partial charge in [0.05, 0.1) is 12.3 Å². The van der Waals surface area contributed by atoms with Crippen molar-refractivity contribution in [3.63, 3.8) is 0 Å². The van der Waals surface area contributed by atoms with Crippen LogP contribution in [-0.2, 0) is 17.7 Å². The van der Waals surface area contributed by atoms with E-state index >= 15 is 0 Å². The lowest BCUT2D eigenvalue weighted by Gasteiger charge is -2.18. The van der Waals surface area contributed by atoms with Crippen molar-refractivity contribution >= 4 is 11.5 Å². The van der Waals surface area contributed by atoms with E-state index in [0.29, 0.717) is 12.3 Å². The number of rotatable bonds is 4. The van der Waals surface area contributed by atoms with Crippen molar-refractivity contribution in [2.45, 2.75) is 54.0 Å². The van der Waals surface area contributed by atoms with E-state index in [1.165, 1.54) is 22.5 Å². The monoisotopic (exact) mass is 312 g/mol. The van der Waals surface area contributed by atoms with Gasteiger partial charge < -0.3 is 9.30 Å². The molecule has 3 rings (SSSR count). The first-order valence-corrected chi connectivity index (χ1v) is 8.36. The minimum atomic E-state index is -0.322. The van der Waals surface area contributed by atoms with Gasteiger partial charge in [-0.2, -0.15) is 0 Å². The van der Waals surface area contributed by atoms with Crippen LogP contribution in [0.1, 0.15) is 61.6 Å². The van der Waals surface area contributed by atoms with Gasteiger partial charge in [0.2, 0.25) is 0 Å². The second-order valence-electron chi connectivity index (χ2n) is 6.28. The van der Waals surface area contributed by atoms with E-state index in [-0.39, 0.29) is 5.97 Å². The van der Waals surface area contributed by atoms with Crippen molar-refractivity contribution in [3.8, 4) is 11.3 Å². The van der Waals surface area contributed by atoms with Crippen molar-refractivity contribution < 1.29 is 9.53 Å². The van der Waals surface area contributed by atoms with Crippen molar-refractivity contribution in [1.29, 1.82) is 0 Å². The van der Waals surface area contributed by atoms with Crippen LogP contribution in [-0.4, -0.2) is 22.1 Å². The fourth-order valence-electron chi connectivity index (χ4n) is 3.49. The summed E-state index contributed by atoms with van der Waals surface area (Å²) in [5, 5.41) is 0. The second-order valence-corrected chi connectivity index (χ2v) is 6.28. The van der Waals surface area contributed by atoms with Gasteiger partial charge >= 0.3 is 5.97 Å². The first kappa shape index (κ1) is 15.8. The maximum atomic E-state index is 12.2. The Hall–Kier alpha value is -2.10. The first-order chi connectivity index (χ1) is 11.0. The lowest BCUT2D eigenvalue weighted by molar-refractivity contribution is 0.0519. The molecule has 0 radical (unpaired) electrons. The number of ether oxygens (including phenoxy) is 1. The Morgan fingerprint density at radius 3 is 2.70 bits per heavy atom. The molecule has 0 aromatic rings. The van der Waals surface area contributed by atoms with E-state index in [2.05, 4.69) is 36.4 Å². The molecule has 3 aliphatic rings. The van der Waals surface area contributed by atoms with Gasteiger partial charge in [-0.25, -0.2) is 9.78 Å². The molecule has 0 bridgehead atoms. The van der Waals surface area contributed by atoms with Crippen LogP contribution in [0.2, 0.25) is 0 Å². The molecular weight excluding hydrogens is 288 g/mol. The highest BCUT2D eigenvalue weighted by atomic mass is 16.5. The summed E-state index contributed by atoms with van der Waals surface area (Å²) in [4.78, 5) is 16.8. The van der Waals surface area contributed by atoms with E-state index < -0.39 is 0 Å². The Morgan fingerprint density at radius 1 is 1.30 bits per heavy atom. The van der Waals surface area contributed by atoms with Crippen molar-refractivity contribution in [3.05, 3.63) is 34.3 Å². The number of hydrogen-bond acceptors (Lipinski definition) is 3. The summed E-state index contributed by atoms with van der Waals surface area (Å²) in [5.74, 6) is -0.322. The molecule has 0 saturated carbocycles. The van der Waals surface area contributed by atoms with Crippen LogP contribution in [0.5, 0.6) is 0 Å². The zero-order valence-corrected chi connectivity index (χ0v) is 14.6. The Kier molecular flexibility index (Phi) is 4.00. The predicted octanol–water partition coefficient (Wildman–Crippen LogP) is 4.23. The van der Waals surface area contributed by atoms with Crippen molar-refractivity contribution in [1.82, 2.24) is 9.55 Å². The second kappa shape index (κ2) is 5.84. The molecule has 0 spiro atoms. The molecule has 0 aliphatic carbocycles. The highest BCUT2D eigenvalue weighted by Crippen LogP contribution is 2.39. The van der Waals surface area contributed by atoms with Crippen LogP contribution in [0.25, 0.3) is 16.8 Å². The van der Waals surface area contributed by atoms with Crippen LogP contribution < -0.4 is 0 Å². The molecule has 3 heterocycles. The van der Waals surface area contributed by atoms with Crippen molar-refractivity contribution in [2.75, 3.05) is 6.61 Å². The standard InChI is InChI=1S/C19H24N2O2/c1-6-8-15-17-13(5)18(19(22)23-7-2)20-14(17)9-16-12(4)11(3)10-21(15)16/h9H,6-8,10H2,1-5H3. The highest BCUT2D eigenvalue weighted by molar-refractivity contribution is 5.94. The van der Waals surface area contributed by atoms with Crippen LogP contribution in [0.15, 0.2) is 11.6 Å². The number of aromatic nitrogens is 2. The Morgan fingerprint density at radius 2 is 2.04 bits per heavy atom. The van der Waals surface area contributed by atoms with Gasteiger partial charge in [0.1, 0.15) is 0 Å². The molecule has 0 N–H and O–H groups in total. The summed E-state index contributed by atoms with van der Waals surface area (Å²) < 4.78 is 7.55. The molecule has 0 amide bonds. The molecule has 0 unspecified atom stereocenters. The summed E-state index contributed by atoms with van der Waals surface area (Å²) in [6.45, 7) is 11.6. The molecule has 0 aromatic carbocycles. The number of fused-ring (bicyclic) bond motifs is 2. The minimum absolute atomic E-state index is 0.322. The molecule has 122 valence electrons. The van der Waals surface area contributed by atoms with Gasteiger partial charge in [-0.3, -0.25) is 0 Å². The fourth-order valence-corrected chi connectivity index (χ4v) is 3.49.